The number of nitrogens with one attached hydrogen (secondary N) is 3. The largest absolute Gasteiger partial charge is 0.497 e. The fourth-order valence-electron chi connectivity index (χ4n) is 2.74. The Morgan fingerprint density at radius 1 is 1.10 bits per heavy atom. The molecule has 3 aromatic rings. The number of aromatic nitrogens is 1. The number of hydrogen-bond acceptors (Lipinski definition) is 5. The first kappa shape index (κ1) is 21.6. The van der Waals surface area contributed by atoms with Gasteiger partial charge in [-0.3, -0.25) is 4.79 Å². The third-order valence-corrected chi connectivity index (χ3v) is 4.37. The van der Waals surface area contributed by atoms with E-state index in [-0.39, 0.29) is 11.9 Å². The molecule has 0 aliphatic rings. The number of oxazole rings is 1. The van der Waals surface area contributed by atoms with Crippen LogP contribution in [0.25, 0.3) is 11.5 Å². The molecule has 1 aromatic heterocycles. The van der Waals surface area contributed by atoms with E-state index >= 15 is 0 Å². The number of urea groups is 1. The number of methoxy groups -OCH3 is 1. The lowest BCUT2D eigenvalue weighted by Crippen LogP contribution is -2.30. The second-order valence-corrected chi connectivity index (χ2v) is 6.58. The maximum Gasteiger partial charge on any atom is 0.319 e. The van der Waals surface area contributed by atoms with Crippen molar-refractivity contribution in [1.29, 1.82) is 0 Å². The number of anilines is 1. The van der Waals surface area contributed by atoms with Crippen LogP contribution in [-0.2, 0) is 6.42 Å². The zero-order valence-electron chi connectivity index (χ0n) is 17.2. The summed E-state index contributed by atoms with van der Waals surface area (Å²) in [5.41, 5.74) is 2.67. The number of carbonyl (C=O) groups excluding carboxylic acids is 2. The molecule has 0 radical (unpaired) electrons. The molecule has 2 aromatic carbocycles. The van der Waals surface area contributed by atoms with Crippen molar-refractivity contribution in [2.45, 2.75) is 6.42 Å². The molecule has 0 aliphatic carbocycles. The molecule has 0 aliphatic heterocycles. The Hall–Kier alpha value is -4.07. The molecule has 0 saturated heterocycles. The van der Waals surface area contributed by atoms with Gasteiger partial charge in [-0.25, -0.2) is 9.78 Å². The van der Waals surface area contributed by atoms with Gasteiger partial charge in [0.15, 0.2) is 0 Å². The molecule has 0 fully saturated rings. The predicted octanol–water partition coefficient (Wildman–Crippen LogP) is 3.63. The lowest BCUT2D eigenvalue weighted by molar-refractivity contribution is 0.0958. The van der Waals surface area contributed by atoms with Crippen LogP contribution in [0, 0.1) is 0 Å². The van der Waals surface area contributed by atoms with Crippen molar-refractivity contribution in [3.8, 4) is 17.2 Å². The second-order valence-electron chi connectivity index (χ2n) is 6.58. The molecule has 1 heterocycles. The molecule has 0 atom stereocenters. The molecule has 3 rings (SSSR count). The van der Waals surface area contributed by atoms with Crippen LogP contribution in [0.3, 0.4) is 0 Å². The lowest BCUT2D eigenvalue weighted by atomic mass is 10.2. The lowest BCUT2D eigenvalue weighted by Gasteiger charge is -2.08. The van der Waals surface area contributed by atoms with Gasteiger partial charge in [-0.05, 0) is 48.5 Å². The average molecular weight is 420 g/mol. The van der Waals surface area contributed by atoms with Crippen molar-refractivity contribution >= 4 is 17.6 Å². The van der Waals surface area contributed by atoms with E-state index in [4.69, 9.17) is 9.15 Å². The summed E-state index contributed by atoms with van der Waals surface area (Å²) in [7, 11) is 1.61. The van der Waals surface area contributed by atoms with Crippen molar-refractivity contribution < 1.29 is 18.7 Å². The topological polar surface area (TPSA) is 105 Å². The van der Waals surface area contributed by atoms with Gasteiger partial charge in [0.1, 0.15) is 12.0 Å². The highest BCUT2D eigenvalue weighted by molar-refractivity contribution is 5.95. The Bertz CT molecular complexity index is 1030. The van der Waals surface area contributed by atoms with E-state index in [1.807, 2.05) is 24.3 Å². The molecule has 0 saturated carbocycles. The fourth-order valence-corrected chi connectivity index (χ4v) is 2.74. The van der Waals surface area contributed by atoms with Crippen LogP contribution in [0.4, 0.5) is 10.5 Å². The van der Waals surface area contributed by atoms with Crippen molar-refractivity contribution in [1.82, 2.24) is 15.6 Å². The summed E-state index contributed by atoms with van der Waals surface area (Å²) in [6, 6.07) is 13.7. The first-order valence-corrected chi connectivity index (χ1v) is 9.72. The Balaban J connectivity index is 1.44. The fraction of sp³-hybridized carbons (Fsp3) is 0.174. The number of carbonyl (C=O) groups is 2. The first-order valence-electron chi connectivity index (χ1n) is 9.72. The van der Waals surface area contributed by atoms with E-state index in [0.717, 1.165) is 17.0 Å². The van der Waals surface area contributed by atoms with Crippen LogP contribution in [0.15, 0.2) is 71.9 Å². The van der Waals surface area contributed by atoms with Gasteiger partial charge in [0.2, 0.25) is 5.89 Å². The van der Waals surface area contributed by atoms with E-state index in [1.54, 1.807) is 43.7 Å². The highest BCUT2D eigenvalue weighted by Gasteiger charge is 2.09. The number of hydrogen-bond donors (Lipinski definition) is 3. The van der Waals surface area contributed by atoms with Gasteiger partial charge in [0.05, 0.1) is 12.8 Å². The molecule has 31 heavy (non-hydrogen) atoms. The summed E-state index contributed by atoms with van der Waals surface area (Å²) in [4.78, 5) is 28.4. The zero-order valence-corrected chi connectivity index (χ0v) is 17.2. The minimum absolute atomic E-state index is 0.197. The Labute approximate surface area is 180 Å². The summed E-state index contributed by atoms with van der Waals surface area (Å²) >= 11 is 0. The number of rotatable bonds is 9. The molecule has 0 spiro atoms. The highest BCUT2D eigenvalue weighted by atomic mass is 16.5. The Morgan fingerprint density at radius 3 is 2.52 bits per heavy atom. The molecule has 0 bridgehead atoms. The van der Waals surface area contributed by atoms with Crippen molar-refractivity contribution in [3.63, 3.8) is 0 Å². The standard InChI is InChI=1S/C23H24N4O4/c1-3-13-24-21(28)16-4-8-18(9-5-16)27-23(29)25-14-12-19-15-31-22(26-19)17-6-10-20(30-2)11-7-17/h3-11,15H,1,12-14H2,2H3,(H,24,28)(H2,25,27,29). The summed E-state index contributed by atoms with van der Waals surface area (Å²) < 4.78 is 10.7. The first-order chi connectivity index (χ1) is 15.1. The summed E-state index contributed by atoms with van der Waals surface area (Å²) in [6.45, 7) is 4.34. The molecule has 8 nitrogen and oxygen atoms in total. The summed E-state index contributed by atoms with van der Waals surface area (Å²) in [5, 5.41) is 8.19. The normalized spacial score (nSPS) is 10.2. The Morgan fingerprint density at radius 2 is 1.84 bits per heavy atom. The number of benzene rings is 2. The molecular formula is C23H24N4O4. The number of amides is 3. The highest BCUT2D eigenvalue weighted by Crippen LogP contribution is 2.21. The molecule has 160 valence electrons. The van der Waals surface area contributed by atoms with Gasteiger partial charge in [-0.1, -0.05) is 6.08 Å². The second kappa shape index (κ2) is 10.6. The monoisotopic (exact) mass is 420 g/mol. The third kappa shape index (κ3) is 6.20. The summed E-state index contributed by atoms with van der Waals surface area (Å²) in [5.74, 6) is 1.08. The van der Waals surface area contributed by atoms with Gasteiger partial charge in [0, 0.05) is 36.3 Å². The van der Waals surface area contributed by atoms with Crippen LogP contribution in [-0.4, -0.2) is 37.1 Å². The van der Waals surface area contributed by atoms with Crippen molar-refractivity contribution in [2.75, 3.05) is 25.5 Å². The molecular weight excluding hydrogens is 396 g/mol. The minimum Gasteiger partial charge on any atom is -0.497 e. The molecule has 8 heteroatoms. The Kier molecular flexibility index (Phi) is 7.42. The molecule has 0 unspecified atom stereocenters. The maximum absolute atomic E-state index is 12.1. The van der Waals surface area contributed by atoms with Crippen LogP contribution in [0.2, 0.25) is 0 Å². The smallest absolute Gasteiger partial charge is 0.319 e. The average Bonchev–Trinajstić information content (AvgIpc) is 3.27. The van der Waals surface area contributed by atoms with Crippen LogP contribution in [0.5, 0.6) is 5.75 Å². The van der Waals surface area contributed by atoms with Gasteiger partial charge in [-0.15, -0.1) is 6.58 Å². The third-order valence-electron chi connectivity index (χ3n) is 4.37. The van der Waals surface area contributed by atoms with E-state index in [1.165, 1.54) is 0 Å². The zero-order chi connectivity index (χ0) is 22.1. The van der Waals surface area contributed by atoms with Crippen LogP contribution < -0.4 is 20.7 Å². The van der Waals surface area contributed by atoms with E-state index < -0.39 is 0 Å². The van der Waals surface area contributed by atoms with Gasteiger partial charge >= 0.3 is 6.03 Å². The minimum atomic E-state index is -0.345. The number of ether oxygens (including phenoxy) is 1. The van der Waals surface area contributed by atoms with Gasteiger partial charge in [0.25, 0.3) is 5.91 Å². The van der Waals surface area contributed by atoms with E-state index in [0.29, 0.717) is 36.7 Å². The molecule has 3 amide bonds. The van der Waals surface area contributed by atoms with E-state index in [2.05, 4.69) is 27.5 Å². The SMILES string of the molecule is C=CCNC(=O)c1ccc(NC(=O)NCCc2coc(-c3ccc(OC)cc3)n2)cc1. The quantitative estimate of drug-likeness (QED) is 0.459. The van der Waals surface area contributed by atoms with Crippen LogP contribution in [0.1, 0.15) is 16.1 Å². The van der Waals surface area contributed by atoms with Crippen molar-refractivity contribution in [2.24, 2.45) is 0 Å². The van der Waals surface area contributed by atoms with Crippen LogP contribution >= 0.6 is 0 Å². The molecule has 3 N–H and O–H groups in total. The predicted molar refractivity (Wildman–Crippen MR) is 118 cm³/mol. The van der Waals surface area contributed by atoms with Gasteiger partial charge < -0.3 is 25.1 Å². The van der Waals surface area contributed by atoms with E-state index in [9.17, 15) is 9.59 Å². The van der Waals surface area contributed by atoms with Gasteiger partial charge in [-0.2, -0.15) is 0 Å². The van der Waals surface area contributed by atoms with Crippen molar-refractivity contribution in [3.05, 3.63) is 78.7 Å². The maximum atomic E-state index is 12.1. The summed E-state index contributed by atoms with van der Waals surface area (Å²) in [6.07, 6.45) is 3.71. The number of nitrogens with zero attached hydrogens (tertiary/aromatic N) is 1.